The van der Waals surface area contributed by atoms with Crippen LogP contribution in [0.5, 0.6) is 11.5 Å². The maximum atomic E-state index is 13.1. The number of benzene rings is 3. The Labute approximate surface area is 150 Å². The number of anilines is 1. The van der Waals surface area contributed by atoms with Crippen molar-refractivity contribution in [1.82, 2.24) is 0 Å². The lowest BCUT2D eigenvalue weighted by Gasteiger charge is -2.17. The molecule has 0 amide bonds. The normalized spacial score (nSPS) is 13.2. The van der Waals surface area contributed by atoms with E-state index in [9.17, 15) is 4.21 Å². The third-order valence-electron chi connectivity index (χ3n) is 3.97. The molecule has 3 rings (SSSR count). The van der Waals surface area contributed by atoms with Gasteiger partial charge in [0.2, 0.25) is 0 Å². The van der Waals surface area contributed by atoms with Gasteiger partial charge in [0.05, 0.1) is 20.9 Å². The monoisotopic (exact) mass is 351 g/mol. The number of nitrogen functional groups attached to an aromatic ring is 1. The zero-order valence-electron chi connectivity index (χ0n) is 14.1. The average Bonchev–Trinajstić information content (AvgIpc) is 2.64. The van der Waals surface area contributed by atoms with E-state index >= 15 is 0 Å². The maximum absolute atomic E-state index is 13.1. The minimum Gasteiger partial charge on any atom is -0.457 e. The summed E-state index contributed by atoms with van der Waals surface area (Å²) >= 11 is 0. The van der Waals surface area contributed by atoms with Gasteiger partial charge in [0.25, 0.3) is 0 Å². The number of para-hydroxylation sites is 2. The van der Waals surface area contributed by atoms with Crippen molar-refractivity contribution in [3.63, 3.8) is 0 Å². The summed E-state index contributed by atoms with van der Waals surface area (Å²) < 4.78 is 19.0. The van der Waals surface area contributed by atoms with Crippen LogP contribution in [0.25, 0.3) is 0 Å². The van der Waals surface area contributed by atoms with Crippen molar-refractivity contribution in [2.75, 3.05) is 5.73 Å². The first-order valence-electron chi connectivity index (χ1n) is 8.27. The molecular formula is C21H21NO2S. The zero-order valence-corrected chi connectivity index (χ0v) is 14.9. The van der Waals surface area contributed by atoms with Crippen LogP contribution < -0.4 is 10.5 Å². The number of nitrogens with two attached hydrogens (primary N) is 1. The van der Waals surface area contributed by atoms with E-state index in [4.69, 9.17) is 10.5 Å². The summed E-state index contributed by atoms with van der Waals surface area (Å²) in [6.07, 6.45) is 0.746. The molecule has 2 N–H and O–H groups in total. The van der Waals surface area contributed by atoms with Crippen molar-refractivity contribution in [3.05, 3.63) is 84.4 Å². The van der Waals surface area contributed by atoms with E-state index < -0.39 is 10.8 Å². The molecule has 0 aliphatic rings. The Morgan fingerprint density at radius 3 is 2.32 bits per heavy atom. The number of hydrogen-bond donors (Lipinski definition) is 1. The molecule has 3 aromatic rings. The third-order valence-corrected chi connectivity index (χ3v) is 5.90. The van der Waals surface area contributed by atoms with E-state index in [1.165, 1.54) is 0 Å². The third kappa shape index (κ3) is 4.09. The standard InChI is InChI=1S/C21H21NO2S/c1-2-20(25(23)21-14-7-6-13-19(21)22)16-9-8-12-18(15-16)24-17-10-4-3-5-11-17/h3-15,20H,2,22H2,1H3/t20-,25-/m0/s1. The fourth-order valence-electron chi connectivity index (χ4n) is 2.73. The molecular weight excluding hydrogens is 330 g/mol. The lowest BCUT2D eigenvalue weighted by Crippen LogP contribution is -2.08. The van der Waals surface area contributed by atoms with E-state index in [2.05, 4.69) is 0 Å². The van der Waals surface area contributed by atoms with Gasteiger partial charge in [-0.2, -0.15) is 0 Å². The minimum atomic E-state index is -1.22. The van der Waals surface area contributed by atoms with Gasteiger partial charge < -0.3 is 10.5 Å². The van der Waals surface area contributed by atoms with Crippen LogP contribution in [0.3, 0.4) is 0 Å². The van der Waals surface area contributed by atoms with E-state index in [-0.39, 0.29) is 5.25 Å². The molecule has 128 valence electrons. The van der Waals surface area contributed by atoms with Crippen LogP contribution in [0.4, 0.5) is 5.69 Å². The fraction of sp³-hybridized carbons (Fsp3) is 0.143. The van der Waals surface area contributed by atoms with Gasteiger partial charge in [-0.25, -0.2) is 0 Å². The van der Waals surface area contributed by atoms with Gasteiger partial charge in [-0.05, 0) is 48.4 Å². The second kappa shape index (κ2) is 7.99. The summed E-state index contributed by atoms with van der Waals surface area (Å²) in [4.78, 5) is 0.684. The first-order valence-corrected chi connectivity index (χ1v) is 9.48. The second-order valence-electron chi connectivity index (χ2n) is 5.72. The van der Waals surface area contributed by atoms with Crippen LogP contribution in [-0.2, 0) is 10.8 Å². The van der Waals surface area contributed by atoms with Crippen LogP contribution in [0.2, 0.25) is 0 Å². The number of rotatable bonds is 6. The van der Waals surface area contributed by atoms with Crippen LogP contribution >= 0.6 is 0 Å². The van der Waals surface area contributed by atoms with Gasteiger partial charge in [0.1, 0.15) is 11.5 Å². The molecule has 2 atom stereocenters. The highest BCUT2D eigenvalue weighted by Gasteiger charge is 2.21. The van der Waals surface area contributed by atoms with Crippen molar-refractivity contribution < 1.29 is 8.95 Å². The van der Waals surface area contributed by atoms with Gasteiger partial charge in [0, 0.05) is 5.69 Å². The lowest BCUT2D eigenvalue weighted by atomic mass is 10.1. The lowest BCUT2D eigenvalue weighted by molar-refractivity contribution is 0.482. The van der Waals surface area contributed by atoms with Crippen LogP contribution in [0.1, 0.15) is 24.2 Å². The highest BCUT2D eigenvalue weighted by Crippen LogP contribution is 2.33. The van der Waals surface area contributed by atoms with Crippen molar-refractivity contribution in [2.45, 2.75) is 23.5 Å². The Morgan fingerprint density at radius 2 is 1.60 bits per heavy atom. The Morgan fingerprint density at radius 1 is 0.920 bits per heavy atom. The molecule has 0 bridgehead atoms. The predicted molar refractivity (Wildman–Crippen MR) is 103 cm³/mol. The molecule has 3 aromatic carbocycles. The van der Waals surface area contributed by atoms with Crippen LogP contribution in [0.15, 0.2) is 83.8 Å². The molecule has 4 heteroatoms. The van der Waals surface area contributed by atoms with Crippen molar-refractivity contribution in [1.29, 1.82) is 0 Å². The Bertz CT molecular complexity index is 865. The van der Waals surface area contributed by atoms with Crippen molar-refractivity contribution >= 4 is 16.5 Å². The predicted octanol–water partition coefficient (Wildman–Crippen LogP) is 5.32. The summed E-state index contributed by atoms with van der Waals surface area (Å²) in [5.41, 5.74) is 7.56. The molecule has 0 saturated carbocycles. The largest absolute Gasteiger partial charge is 0.457 e. The summed E-state index contributed by atoms with van der Waals surface area (Å²) in [5, 5.41) is -0.135. The van der Waals surface area contributed by atoms with E-state index in [0.717, 1.165) is 23.5 Å². The Hall–Kier alpha value is -2.59. The van der Waals surface area contributed by atoms with Gasteiger partial charge >= 0.3 is 0 Å². The zero-order chi connectivity index (χ0) is 17.6. The molecule has 3 nitrogen and oxygen atoms in total. The molecule has 0 saturated heterocycles. The molecule has 0 aliphatic carbocycles. The van der Waals surface area contributed by atoms with Gasteiger partial charge in [0.15, 0.2) is 0 Å². The first-order chi connectivity index (χ1) is 12.2. The fourth-order valence-corrected chi connectivity index (χ4v) is 4.25. The summed E-state index contributed by atoms with van der Waals surface area (Å²) in [6, 6.07) is 24.8. The maximum Gasteiger partial charge on any atom is 0.127 e. The highest BCUT2D eigenvalue weighted by atomic mass is 32.2. The molecule has 0 radical (unpaired) electrons. The Kier molecular flexibility index (Phi) is 5.51. The van der Waals surface area contributed by atoms with Crippen molar-refractivity contribution in [2.24, 2.45) is 0 Å². The molecule has 25 heavy (non-hydrogen) atoms. The summed E-state index contributed by atoms with van der Waals surface area (Å²) in [7, 11) is -1.22. The molecule has 0 unspecified atom stereocenters. The smallest absolute Gasteiger partial charge is 0.127 e. The topological polar surface area (TPSA) is 52.3 Å². The molecule has 0 aromatic heterocycles. The van der Waals surface area contributed by atoms with Crippen LogP contribution in [-0.4, -0.2) is 4.21 Å². The van der Waals surface area contributed by atoms with Gasteiger partial charge in [-0.3, -0.25) is 4.21 Å². The van der Waals surface area contributed by atoms with Gasteiger partial charge in [-0.1, -0.05) is 49.4 Å². The number of hydrogen-bond acceptors (Lipinski definition) is 3. The molecule has 0 fully saturated rings. The van der Waals surface area contributed by atoms with Crippen LogP contribution in [0, 0.1) is 0 Å². The Balaban J connectivity index is 1.87. The molecule has 0 aliphatic heterocycles. The van der Waals surface area contributed by atoms with Crippen molar-refractivity contribution in [3.8, 4) is 11.5 Å². The minimum absolute atomic E-state index is 0.135. The van der Waals surface area contributed by atoms with E-state index in [0.29, 0.717) is 10.6 Å². The summed E-state index contributed by atoms with van der Waals surface area (Å²) in [5.74, 6) is 1.52. The number of ether oxygens (including phenoxy) is 1. The van der Waals surface area contributed by atoms with E-state index in [1.54, 1.807) is 6.07 Å². The SMILES string of the molecule is CC[C@@H](c1cccc(Oc2ccccc2)c1)[S@](=O)c1ccccc1N. The highest BCUT2D eigenvalue weighted by molar-refractivity contribution is 7.85. The molecule has 0 spiro atoms. The summed E-state index contributed by atoms with van der Waals surface area (Å²) in [6.45, 7) is 2.03. The van der Waals surface area contributed by atoms with Gasteiger partial charge in [-0.15, -0.1) is 0 Å². The average molecular weight is 351 g/mol. The first kappa shape index (κ1) is 17.2. The second-order valence-corrected chi connectivity index (χ2v) is 7.32. The quantitative estimate of drug-likeness (QED) is 0.612. The van der Waals surface area contributed by atoms with E-state index in [1.807, 2.05) is 79.7 Å². The molecule has 0 heterocycles.